The van der Waals surface area contributed by atoms with Gasteiger partial charge in [0.1, 0.15) is 6.61 Å². The molecule has 0 aliphatic heterocycles. The van der Waals surface area contributed by atoms with Gasteiger partial charge in [0, 0.05) is 5.92 Å². The minimum Gasteiger partial charge on any atom is -0.393 e. The standard InChI is InChI=1S/C21H32O3/c1-20-9-7-14(23)11-13(20)3-4-15-16-5-6-18(19(24)12-22)21(16,2)10-8-17(15)20/h3,14-18,22-23H,4-12H2,1-2H3/t14-,15+,16+,17+,18-,20-,21+/m0/s1. The van der Waals surface area contributed by atoms with Gasteiger partial charge in [0.2, 0.25) is 0 Å². The molecule has 4 aliphatic carbocycles. The average molecular weight is 332 g/mol. The number of carbonyl (C=O) groups is 1. The van der Waals surface area contributed by atoms with E-state index in [1.807, 2.05) is 0 Å². The number of carbonyl (C=O) groups excluding carboxylic acids is 1. The molecule has 0 aromatic heterocycles. The van der Waals surface area contributed by atoms with E-state index in [0.29, 0.717) is 17.8 Å². The third-order valence-electron chi connectivity index (χ3n) is 8.62. The summed E-state index contributed by atoms with van der Waals surface area (Å²) in [5.41, 5.74) is 1.87. The molecule has 3 heteroatoms. The van der Waals surface area contributed by atoms with Crippen molar-refractivity contribution in [1.29, 1.82) is 0 Å². The van der Waals surface area contributed by atoms with Crippen molar-refractivity contribution in [2.45, 2.75) is 71.3 Å². The Bertz CT molecular complexity index is 567. The smallest absolute Gasteiger partial charge is 0.161 e. The lowest BCUT2D eigenvalue weighted by Crippen LogP contribution is -2.51. The van der Waals surface area contributed by atoms with Gasteiger partial charge in [-0.1, -0.05) is 25.5 Å². The van der Waals surface area contributed by atoms with Crippen molar-refractivity contribution >= 4 is 5.78 Å². The van der Waals surface area contributed by atoms with Crippen LogP contribution in [0.2, 0.25) is 0 Å². The summed E-state index contributed by atoms with van der Waals surface area (Å²) >= 11 is 0. The van der Waals surface area contributed by atoms with Gasteiger partial charge < -0.3 is 10.2 Å². The van der Waals surface area contributed by atoms with Gasteiger partial charge in [-0.05, 0) is 80.0 Å². The maximum Gasteiger partial charge on any atom is 0.161 e. The van der Waals surface area contributed by atoms with Crippen molar-refractivity contribution in [2.75, 3.05) is 6.61 Å². The number of ketones is 1. The number of aliphatic hydroxyl groups excluding tert-OH is 2. The minimum atomic E-state index is -0.291. The normalized spacial score (nSPS) is 50.5. The molecule has 0 aromatic rings. The molecule has 3 fully saturated rings. The van der Waals surface area contributed by atoms with Crippen LogP contribution in [-0.4, -0.2) is 28.7 Å². The quantitative estimate of drug-likeness (QED) is 0.761. The summed E-state index contributed by atoms with van der Waals surface area (Å²) in [6.45, 7) is 4.47. The summed E-state index contributed by atoms with van der Waals surface area (Å²) in [6.07, 6.45) is 10.8. The second-order valence-electron chi connectivity index (χ2n) is 9.45. The largest absolute Gasteiger partial charge is 0.393 e. The van der Waals surface area contributed by atoms with E-state index < -0.39 is 0 Å². The molecule has 0 spiro atoms. The minimum absolute atomic E-state index is 0.0671. The van der Waals surface area contributed by atoms with Crippen molar-refractivity contribution in [3.05, 3.63) is 11.6 Å². The maximum atomic E-state index is 12.3. The van der Waals surface area contributed by atoms with Gasteiger partial charge >= 0.3 is 0 Å². The van der Waals surface area contributed by atoms with E-state index in [9.17, 15) is 15.0 Å². The molecule has 0 bridgehead atoms. The number of allylic oxidation sites excluding steroid dienone is 1. The molecule has 0 aromatic carbocycles. The molecule has 0 unspecified atom stereocenters. The van der Waals surface area contributed by atoms with Crippen molar-refractivity contribution in [3.8, 4) is 0 Å². The van der Waals surface area contributed by atoms with E-state index in [1.54, 1.807) is 0 Å². The molecule has 3 saturated carbocycles. The van der Waals surface area contributed by atoms with Crippen molar-refractivity contribution in [2.24, 2.45) is 34.5 Å². The molecule has 0 radical (unpaired) electrons. The molecule has 7 atom stereocenters. The van der Waals surface area contributed by atoms with Crippen LogP contribution in [0, 0.1) is 34.5 Å². The van der Waals surface area contributed by atoms with E-state index >= 15 is 0 Å². The van der Waals surface area contributed by atoms with Crippen LogP contribution in [0.5, 0.6) is 0 Å². The summed E-state index contributed by atoms with van der Waals surface area (Å²) < 4.78 is 0. The van der Waals surface area contributed by atoms with Crippen LogP contribution in [0.15, 0.2) is 11.6 Å². The summed E-state index contributed by atoms with van der Waals surface area (Å²) in [6, 6.07) is 0. The van der Waals surface area contributed by atoms with Crippen LogP contribution in [0.1, 0.15) is 65.2 Å². The second-order valence-corrected chi connectivity index (χ2v) is 9.45. The van der Waals surface area contributed by atoms with Crippen LogP contribution in [0.4, 0.5) is 0 Å². The van der Waals surface area contributed by atoms with E-state index in [0.717, 1.165) is 44.9 Å². The Morgan fingerprint density at radius 2 is 1.96 bits per heavy atom. The van der Waals surface area contributed by atoms with Crippen LogP contribution < -0.4 is 0 Å². The highest BCUT2D eigenvalue weighted by Gasteiger charge is 2.59. The summed E-state index contributed by atoms with van der Waals surface area (Å²) in [4.78, 5) is 12.3. The summed E-state index contributed by atoms with van der Waals surface area (Å²) in [5, 5.41) is 19.4. The number of hydrogen-bond donors (Lipinski definition) is 2. The zero-order valence-corrected chi connectivity index (χ0v) is 15.1. The third-order valence-corrected chi connectivity index (χ3v) is 8.62. The first-order valence-electron chi connectivity index (χ1n) is 9.91. The fourth-order valence-electron chi connectivity index (χ4n) is 7.28. The molecule has 4 rings (SSSR count). The second kappa shape index (κ2) is 5.67. The third kappa shape index (κ3) is 2.20. The SMILES string of the molecule is C[C@@]12CC[C@@H]3[C@H](CC=C4C[C@@H](O)CC[C@@]43C)[C@H]1CC[C@H]2C(=O)CO. The first-order chi connectivity index (χ1) is 11.4. The summed E-state index contributed by atoms with van der Waals surface area (Å²) in [5.74, 6) is 2.16. The van der Waals surface area contributed by atoms with Gasteiger partial charge in [0.25, 0.3) is 0 Å². The Balaban J connectivity index is 1.64. The number of hydrogen-bond acceptors (Lipinski definition) is 3. The lowest BCUT2D eigenvalue weighted by atomic mass is 9.47. The van der Waals surface area contributed by atoms with Gasteiger partial charge in [-0.15, -0.1) is 0 Å². The molecule has 4 aliphatic rings. The molecular weight excluding hydrogens is 300 g/mol. The molecule has 0 amide bonds. The van der Waals surface area contributed by atoms with Gasteiger partial charge in [0.15, 0.2) is 5.78 Å². The van der Waals surface area contributed by atoms with Crippen LogP contribution in [0.3, 0.4) is 0 Å². The Kier molecular flexibility index (Phi) is 3.96. The van der Waals surface area contributed by atoms with E-state index in [4.69, 9.17) is 0 Å². The predicted molar refractivity (Wildman–Crippen MR) is 93.3 cm³/mol. The Hall–Kier alpha value is -0.670. The number of fused-ring (bicyclic) bond motifs is 5. The zero-order chi connectivity index (χ0) is 17.1. The Morgan fingerprint density at radius 1 is 1.17 bits per heavy atom. The fraction of sp³-hybridized carbons (Fsp3) is 0.857. The number of aliphatic hydroxyl groups is 2. The zero-order valence-electron chi connectivity index (χ0n) is 15.1. The highest BCUT2D eigenvalue weighted by atomic mass is 16.3. The fourth-order valence-corrected chi connectivity index (χ4v) is 7.28. The van der Waals surface area contributed by atoms with Gasteiger partial charge in [0.05, 0.1) is 6.10 Å². The van der Waals surface area contributed by atoms with Gasteiger partial charge in [-0.25, -0.2) is 0 Å². The van der Waals surface area contributed by atoms with E-state index in [2.05, 4.69) is 19.9 Å². The van der Waals surface area contributed by atoms with Crippen molar-refractivity contribution in [3.63, 3.8) is 0 Å². The van der Waals surface area contributed by atoms with Crippen molar-refractivity contribution in [1.82, 2.24) is 0 Å². The Labute approximate surface area is 145 Å². The number of rotatable bonds is 2. The highest BCUT2D eigenvalue weighted by molar-refractivity contribution is 5.83. The van der Waals surface area contributed by atoms with E-state index in [1.165, 1.54) is 12.0 Å². The Morgan fingerprint density at radius 3 is 2.71 bits per heavy atom. The molecule has 24 heavy (non-hydrogen) atoms. The van der Waals surface area contributed by atoms with Crippen LogP contribution in [-0.2, 0) is 4.79 Å². The first-order valence-corrected chi connectivity index (χ1v) is 9.91. The monoisotopic (exact) mass is 332 g/mol. The van der Waals surface area contributed by atoms with Gasteiger partial charge in [-0.2, -0.15) is 0 Å². The molecular formula is C21H32O3. The molecule has 134 valence electrons. The number of Topliss-reactive ketones (excluding diaryl/α,β-unsaturated/α-hetero) is 1. The van der Waals surface area contributed by atoms with Crippen LogP contribution >= 0.6 is 0 Å². The molecule has 3 nitrogen and oxygen atoms in total. The maximum absolute atomic E-state index is 12.3. The van der Waals surface area contributed by atoms with Crippen LogP contribution in [0.25, 0.3) is 0 Å². The highest BCUT2D eigenvalue weighted by Crippen LogP contribution is 2.66. The summed E-state index contributed by atoms with van der Waals surface area (Å²) in [7, 11) is 0. The average Bonchev–Trinajstić information content (AvgIpc) is 2.92. The lowest BCUT2D eigenvalue weighted by molar-refractivity contribution is -0.132. The first kappa shape index (κ1) is 16.8. The van der Waals surface area contributed by atoms with E-state index in [-0.39, 0.29) is 35.2 Å². The topological polar surface area (TPSA) is 57.5 Å². The molecule has 0 saturated heterocycles. The predicted octanol–water partition coefficient (Wildman–Crippen LogP) is 3.49. The molecule has 2 N–H and O–H groups in total. The molecule has 0 heterocycles. The lowest BCUT2D eigenvalue weighted by Gasteiger charge is -2.57. The van der Waals surface area contributed by atoms with Gasteiger partial charge in [-0.3, -0.25) is 4.79 Å². The van der Waals surface area contributed by atoms with Crippen molar-refractivity contribution < 1.29 is 15.0 Å².